The summed E-state index contributed by atoms with van der Waals surface area (Å²) < 4.78 is 11.0. The van der Waals surface area contributed by atoms with E-state index in [-0.39, 0.29) is 11.9 Å². The van der Waals surface area contributed by atoms with Crippen LogP contribution in [-0.2, 0) is 16.0 Å². The van der Waals surface area contributed by atoms with Gasteiger partial charge >= 0.3 is 0 Å². The Morgan fingerprint density at radius 1 is 1.48 bits per heavy atom. The molecule has 0 spiro atoms. The van der Waals surface area contributed by atoms with Crippen LogP contribution in [0.4, 0.5) is 0 Å². The van der Waals surface area contributed by atoms with Crippen molar-refractivity contribution in [1.82, 2.24) is 15.8 Å². The third kappa shape index (κ3) is 4.23. The molecule has 2 aliphatic rings. The van der Waals surface area contributed by atoms with Crippen molar-refractivity contribution in [1.29, 1.82) is 0 Å². The largest absolute Gasteiger partial charge is 0.381 e. The van der Waals surface area contributed by atoms with E-state index in [4.69, 9.17) is 9.26 Å². The van der Waals surface area contributed by atoms with Gasteiger partial charge in [-0.3, -0.25) is 4.79 Å². The molecule has 2 fully saturated rings. The van der Waals surface area contributed by atoms with Gasteiger partial charge in [-0.2, -0.15) is 0 Å². The van der Waals surface area contributed by atoms with Gasteiger partial charge in [-0.1, -0.05) is 19.0 Å². The first-order valence-corrected chi connectivity index (χ1v) is 9.55. The number of ether oxygens (including phenoxy) is 1. The Bertz CT molecular complexity index is 572. The average Bonchev–Trinajstić information content (AvgIpc) is 3.26. The van der Waals surface area contributed by atoms with Crippen molar-refractivity contribution in [2.24, 2.45) is 11.3 Å². The Morgan fingerprint density at radius 3 is 2.96 bits per heavy atom. The predicted molar refractivity (Wildman–Crippen MR) is 95.4 cm³/mol. The maximum absolute atomic E-state index is 13.1. The summed E-state index contributed by atoms with van der Waals surface area (Å²) >= 11 is 0. The van der Waals surface area contributed by atoms with Crippen molar-refractivity contribution in [3.8, 4) is 0 Å². The highest BCUT2D eigenvalue weighted by Crippen LogP contribution is 2.33. The maximum atomic E-state index is 13.1. The molecule has 6 heteroatoms. The lowest BCUT2D eigenvalue weighted by molar-refractivity contribution is -0.133. The van der Waals surface area contributed by atoms with Crippen LogP contribution in [0.25, 0.3) is 0 Å². The summed E-state index contributed by atoms with van der Waals surface area (Å²) in [4.78, 5) is 13.1. The lowest BCUT2D eigenvalue weighted by Gasteiger charge is -2.37. The van der Waals surface area contributed by atoms with Crippen LogP contribution in [0, 0.1) is 11.3 Å². The Kier molecular flexibility index (Phi) is 5.79. The lowest BCUT2D eigenvalue weighted by atomic mass is 9.75. The summed E-state index contributed by atoms with van der Waals surface area (Å²) in [5, 5.41) is 10.8. The number of carbonyl (C=O) groups excluding carboxylic acids is 1. The number of carbonyl (C=O) groups is 1. The Labute approximate surface area is 150 Å². The van der Waals surface area contributed by atoms with Gasteiger partial charge in [-0.25, -0.2) is 0 Å². The number of hydrogen-bond acceptors (Lipinski definition) is 5. The van der Waals surface area contributed by atoms with E-state index < -0.39 is 5.41 Å². The van der Waals surface area contributed by atoms with Crippen LogP contribution in [0.2, 0.25) is 0 Å². The summed E-state index contributed by atoms with van der Waals surface area (Å²) in [5.74, 6) is 1.67. The lowest BCUT2D eigenvalue weighted by Crippen LogP contribution is -2.54. The Hall–Kier alpha value is -1.40. The summed E-state index contributed by atoms with van der Waals surface area (Å²) in [6.45, 7) is 9.48. The zero-order valence-corrected chi connectivity index (χ0v) is 15.6. The molecule has 1 aromatic rings. The molecule has 0 aliphatic carbocycles. The van der Waals surface area contributed by atoms with Crippen LogP contribution >= 0.6 is 0 Å². The van der Waals surface area contributed by atoms with Crippen molar-refractivity contribution in [2.75, 3.05) is 26.3 Å². The van der Waals surface area contributed by atoms with Crippen molar-refractivity contribution in [3.63, 3.8) is 0 Å². The molecule has 0 radical (unpaired) electrons. The summed E-state index contributed by atoms with van der Waals surface area (Å²) in [7, 11) is 0. The molecule has 3 heterocycles. The average molecular weight is 349 g/mol. The fraction of sp³-hybridized carbons (Fsp3) is 0.789. The molecule has 0 aromatic carbocycles. The molecule has 1 amide bonds. The van der Waals surface area contributed by atoms with Crippen LogP contribution in [0.1, 0.15) is 57.4 Å². The fourth-order valence-corrected chi connectivity index (χ4v) is 3.63. The molecule has 2 aliphatic heterocycles. The van der Waals surface area contributed by atoms with Gasteiger partial charge in [0.05, 0.1) is 17.7 Å². The zero-order chi connectivity index (χ0) is 17.9. The fourth-order valence-electron chi connectivity index (χ4n) is 3.63. The summed E-state index contributed by atoms with van der Waals surface area (Å²) in [5.41, 5.74) is 0.507. The number of rotatable bonds is 6. The van der Waals surface area contributed by atoms with Crippen molar-refractivity contribution in [2.45, 2.75) is 58.4 Å². The normalized spacial score (nSPS) is 28.2. The molecule has 6 nitrogen and oxygen atoms in total. The SMILES string of the molecule is CC(C)[C@H](C)NC(=O)[C@]1(Cc2cc([C@@H]3CCOC3)no2)CCCNC1. The second kappa shape index (κ2) is 7.87. The number of amides is 1. The van der Waals surface area contributed by atoms with Crippen LogP contribution in [-0.4, -0.2) is 43.4 Å². The molecule has 25 heavy (non-hydrogen) atoms. The van der Waals surface area contributed by atoms with E-state index in [0.29, 0.717) is 31.4 Å². The third-order valence-corrected chi connectivity index (χ3v) is 5.75. The highest BCUT2D eigenvalue weighted by Gasteiger charge is 2.41. The quantitative estimate of drug-likeness (QED) is 0.824. The Balaban J connectivity index is 1.73. The smallest absolute Gasteiger partial charge is 0.228 e. The van der Waals surface area contributed by atoms with Crippen LogP contribution in [0.3, 0.4) is 0 Å². The molecule has 2 saturated heterocycles. The molecule has 0 bridgehead atoms. The molecule has 0 saturated carbocycles. The van der Waals surface area contributed by atoms with E-state index in [2.05, 4.69) is 36.6 Å². The Morgan fingerprint density at radius 2 is 2.32 bits per heavy atom. The van der Waals surface area contributed by atoms with Gasteiger partial charge in [-0.05, 0) is 38.6 Å². The highest BCUT2D eigenvalue weighted by atomic mass is 16.5. The van der Waals surface area contributed by atoms with Gasteiger partial charge in [0.2, 0.25) is 5.91 Å². The van der Waals surface area contributed by atoms with Gasteiger partial charge in [0.1, 0.15) is 5.76 Å². The van der Waals surface area contributed by atoms with E-state index in [0.717, 1.165) is 43.9 Å². The molecular weight excluding hydrogens is 318 g/mol. The monoisotopic (exact) mass is 349 g/mol. The first kappa shape index (κ1) is 18.4. The number of hydrogen-bond donors (Lipinski definition) is 2. The minimum atomic E-state index is -0.454. The van der Waals surface area contributed by atoms with Gasteiger partial charge in [0, 0.05) is 37.6 Å². The van der Waals surface area contributed by atoms with E-state index >= 15 is 0 Å². The van der Waals surface area contributed by atoms with Crippen molar-refractivity contribution in [3.05, 3.63) is 17.5 Å². The summed E-state index contributed by atoms with van der Waals surface area (Å²) in [6.07, 6.45) is 3.46. The highest BCUT2D eigenvalue weighted by molar-refractivity contribution is 5.83. The van der Waals surface area contributed by atoms with Gasteiger partial charge < -0.3 is 19.9 Å². The van der Waals surface area contributed by atoms with Gasteiger partial charge in [0.15, 0.2) is 0 Å². The number of aromatic nitrogens is 1. The standard InChI is InChI=1S/C19H31N3O3/c1-13(2)14(3)21-18(23)19(6-4-7-20-12-19)10-16-9-17(22-25-16)15-5-8-24-11-15/h9,13-15,20H,4-8,10-12H2,1-3H3,(H,21,23)/t14-,15+,19-/m0/s1. The first-order valence-electron chi connectivity index (χ1n) is 9.55. The van der Waals surface area contributed by atoms with E-state index in [9.17, 15) is 4.79 Å². The van der Waals surface area contributed by atoms with E-state index in [1.165, 1.54) is 0 Å². The van der Waals surface area contributed by atoms with Crippen LogP contribution < -0.4 is 10.6 Å². The van der Waals surface area contributed by atoms with Crippen molar-refractivity contribution < 1.29 is 14.1 Å². The van der Waals surface area contributed by atoms with Gasteiger partial charge in [0.25, 0.3) is 0 Å². The zero-order valence-electron chi connectivity index (χ0n) is 15.6. The second-order valence-corrected chi connectivity index (χ2v) is 8.02. The topological polar surface area (TPSA) is 76.4 Å². The molecule has 1 aromatic heterocycles. The molecule has 0 unspecified atom stereocenters. The number of nitrogens with one attached hydrogen (secondary N) is 2. The molecule has 3 atom stereocenters. The molecule has 3 rings (SSSR count). The van der Waals surface area contributed by atoms with Crippen LogP contribution in [0.15, 0.2) is 10.6 Å². The minimum Gasteiger partial charge on any atom is -0.381 e. The van der Waals surface area contributed by atoms with E-state index in [1.807, 2.05) is 6.07 Å². The third-order valence-electron chi connectivity index (χ3n) is 5.75. The van der Waals surface area contributed by atoms with E-state index in [1.54, 1.807) is 0 Å². The molecular formula is C19H31N3O3. The molecule has 2 N–H and O–H groups in total. The minimum absolute atomic E-state index is 0.128. The van der Waals surface area contributed by atoms with Crippen molar-refractivity contribution >= 4 is 5.91 Å². The number of piperidine rings is 1. The van der Waals surface area contributed by atoms with Gasteiger partial charge in [-0.15, -0.1) is 0 Å². The molecule has 140 valence electrons. The first-order chi connectivity index (χ1) is 12.0. The van der Waals surface area contributed by atoms with Crippen LogP contribution in [0.5, 0.6) is 0 Å². The second-order valence-electron chi connectivity index (χ2n) is 8.02. The maximum Gasteiger partial charge on any atom is 0.228 e. The predicted octanol–water partition coefficient (Wildman–Crippen LogP) is 2.25. The summed E-state index contributed by atoms with van der Waals surface area (Å²) in [6, 6.07) is 2.18. The number of nitrogens with zero attached hydrogens (tertiary/aromatic N) is 1.